The minimum absolute atomic E-state index is 0.225. The van der Waals surface area contributed by atoms with Crippen LogP contribution in [0.2, 0.25) is 0 Å². The third-order valence-electron chi connectivity index (χ3n) is 6.12. The molecule has 0 spiro atoms. The van der Waals surface area contributed by atoms with Crippen molar-refractivity contribution in [2.45, 2.75) is 45.1 Å². The molecule has 0 aliphatic carbocycles. The summed E-state index contributed by atoms with van der Waals surface area (Å²) in [6, 6.07) is 8.23. The summed E-state index contributed by atoms with van der Waals surface area (Å²) in [4.78, 5) is 11.0. The molecule has 2 saturated heterocycles. The van der Waals surface area contributed by atoms with Gasteiger partial charge in [0.05, 0.1) is 17.8 Å². The summed E-state index contributed by atoms with van der Waals surface area (Å²) in [7, 11) is 0. The van der Waals surface area contributed by atoms with Crippen LogP contribution in [0.1, 0.15) is 43.2 Å². The third-order valence-corrected chi connectivity index (χ3v) is 6.12. The zero-order chi connectivity index (χ0) is 20.2. The van der Waals surface area contributed by atoms with Crippen molar-refractivity contribution in [1.82, 2.24) is 14.9 Å². The van der Waals surface area contributed by atoms with Crippen molar-refractivity contribution in [3.05, 3.63) is 41.3 Å². The van der Waals surface area contributed by atoms with Crippen molar-refractivity contribution in [3.63, 3.8) is 0 Å². The molecule has 4 rings (SSSR count). The fourth-order valence-corrected chi connectivity index (χ4v) is 4.54. The van der Waals surface area contributed by atoms with Gasteiger partial charge < -0.3 is 15.5 Å². The second-order valence-electron chi connectivity index (χ2n) is 8.04. The Kier molecular flexibility index (Phi) is 5.91. The average Bonchev–Trinajstić information content (AvgIpc) is 2.75. The third kappa shape index (κ3) is 4.48. The van der Waals surface area contributed by atoms with Crippen molar-refractivity contribution < 1.29 is 4.39 Å². The first-order valence-corrected chi connectivity index (χ1v) is 10.4. The van der Waals surface area contributed by atoms with Crippen LogP contribution in [0.4, 0.5) is 21.8 Å². The van der Waals surface area contributed by atoms with Crippen molar-refractivity contribution >= 4 is 17.5 Å². The second-order valence-corrected chi connectivity index (χ2v) is 8.04. The van der Waals surface area contributed by atoms with Gasteiger partial charge in [0.15, 0.2) is 11.6 Å². The van der Waals surface area contributed by atoms with Crippen LogP contribution < -0.4 is 10.6 Å². The molecule has 29 heavy (non-hydrogen) atoms. The number of rotatable bonds is 5. The summed E-state index contributed by atoms with van der Waals surface area (Å²) in [5.41, 5.74) is 2.20. The van der Waals surface area contributed by atoms with Crippen molar-refractivity contribution in [1.29, 1.82) is 5.26 Å². The first-order valence-electron chi connectivity index (χ1n) is 10.4. The number of hydrogen-bond acceptors (Lipinski definition) is 6. The van der Waals surface area contributed by atoms with E-state index >= 15 is 0 Å². The fourth-order valence-electron chi connectivity index (χ4n) is 4.54. The Morgan fingerprint density at radius 3 is 2.97 bits per heavy atom. The van der Waals surface area contributed by atoms with E-state index in [2.05, 4.69) is 31.6 Å². The minimum Gasteiger partial charge on any atom is -0.367 e. The standard InChI is InChI=1S/C22H27FN6/c1-15-7-8-18(11-17(15)12-24)27-22-26-14-19(23)21(28-22)25-13-16-5-4-10-29-9-3-2-6-20(16)29/h7-8,11,14,16,20H,2-6,9-10,13H2,1H3,(H2,25,26,27,28). The van der Waals surface area contributed by atoms with E-state index in [1.807, 2.05) is 19.1 Å². The van der Waals surface area contributed by atoms with E-state index < -0.39 is 5.82 Å². The number of nitrogens with one attached hydrogen (secondary N) is 2. The van der Waals surface area contributed by atoms with Crippen LogP contribution in [0.3, 0.4) is 0 Å². The highest BCUT2D eigenvalue weighted by atomic mass is 19.1. The van der Waals surface area contributed by atoms with Crippen LogP contribution in [0, 0.1) is 30.0 Å². The highest BCUT2D eigenvalue weighted by Gasteiger charge is 2.32. The summed E-state index contributed by atoms with van der Waals surface area (Å²) in [6.45, 7) is 4.99. The Labute approximate surface area is 171 Å². The average molecular weight is 394 g/mol. The smallest absolute Gasteiger partial charge is 0.229 e. The topological polar surface area (TPSA) is 76.9 Å². The monoisotopic (exact) mass is 394 g/mol. The van der Waals surface area contributed by atoms with Gasteiger partial charge in [-0.1, -0.05) is 12.5 Å². The van der Waals surface area contributed by atoms with Gasteiger partial charge >= 0.3 is 0 Å². The maximum Gasteiger partial charge on any atom is 0.229 e. The molecular weight excluding hydrogens is 367 g/mol. The van der Waals surface area contributed by atoms with E-state index in [1.165, 1.54) is 51.4 Å². The van der Waals surface area contributed by atoms with E-state index in [0.717, 1.165) is 12.1 Å². The number of piperidine rings is 2. The summed E-state index contributed by atoms with van der Waals surface area (Å²) in [5.74, 6) is 0.603. The normalized spacial score (nSPS) is 21.8. The van der Waals surface area contributed by atoms with Crippen LogP contribution in [-0.4, -0.2) is 40.5 Å². The van der Waals surface area contributed by atoms with Gasteiger partial charge in [0.2, 0.25) is 5.95 Å². The van der Waals surface area contributed by atoms with Gasteiger partial charge in [-0.25, -0.2) is 9.37 Å². The number of aryl methyl sites for hydroxylation is 1. The quantitative estimate of drug-likeness (QED) is 0.791. The second kappa shape index (κ2) is 8.75. The molecule has 2 aromatic rings. The lowest BCUT2D eigenvalue weighted by atomic mass is 9.83. The lowest BCUT2D eigenvalue weighted by Crippen LogP contribution is -2.49. The van der Waals surface area contributed by atoms with Gasteiger partial charge in [0, 0.05) is 18.3 Å². The molecule has 2 unspecified atom stereocenters. The molecule has 2 aliphatic heterocycles. The first kappa shape index (κ1) is 19.6. The van der Waals surface area contributed by atoms with Gasteiger partial charge in [0.1, 0.15) is 0 Å². The van der Waals surface area contributed by atoms with Crippen LogP contribution in [0.25, 0.3) is 0 Å². The summed E-state index contributed by atoms with van der Waals surface area (Å²) < 4.78 is 14.3. The van der Waals surface area contributed by atoms with Crippen molar-refractivity contribution in [2.24, 2.45) is 5.92 Å². The van der Waals surface area contributed by atoms with Gasteiger partial charge in [0.25, 0.3) is 0 Å². The number of fused-ring (bicyclic) bond motifs is 1. The lowest BCUT2D eigenvalue weighted by molar-refractivity contribution is 0.0648. The van der Waals surface area contributed by atoms with Crippen molar-refractivity contribution in [2.75, 3.05) is 30.3 Å². The molecule has 6 nitrogen and oxygen atoms in total. The van der Waals surface area contributed by atoms with Gasteiger partial charge in [-0.05, 0) is 69.3 Å². The molecule has 3 heterocycles. The number of nitriles is 1. The molecular formula is C22H27FN6. The highest BCUT2D eigenvalue weighted by molar-refractivity contribution is 5.59. The summed E-state index contributed by atoms with van der Waals surface area (Å²) >= 11 is 0. The van der Waals surface area contributed by atoms with E-state index in [0.29, 0.717) is 29.2 Å². The predicted octanol–water partition coefficient (Wildman–Crippen LogP) is 4.22. The van der Waals surface area contributed by atoms with Crippen LogP contribution >= 0.6 is 0 Å². The molecule has 2 atom stereocenters. The molecule has 0 amide bonds. The molecule has 0 saturated carbocycles. The molecule has 2 fully saturated rings. The highest BCUT2D eigenvalue weighted by Crippen LogP contribution is 2.31. The number of aromatic nitrogens is 2. The van der Waals surface area contributed by atoms with Crippen molar-refractivity contribution in [3.8, 4) is 6.07 Å². The van der Waals surface area contributed by atoms with E-state index in [9.17, 15) is 9.65 Å². The number of benzene rings is 1. The minimum atomic E-state index is -0.450. The number of halogens is 1. The Morgan fingerprint density at radius 1 is 1.24 bits per heavy atom. The molecule has 2 aliphatic rings. The SMILES string of the molecule is Cc1ccc(Nc2ncc(F)c(NCC3CCCN4CCCCC34)n2)cc1C#N. The molecule has 0 bridgehead atoms. The van der Waals surface area contributed by atoms with Crippen LogP contribution in [0.15, 0.2) is 24.4 Å². The largest absolute Gasteiger partial charge is 0.367 e. The summed E-state index contributed by atoms with van der Waals surface area (Å²) in [5, 5.41) is 15.5. The van der Waals surface area contributed by atoms with Gasteiger partial charge in [-0.15, -0.1) is 0 Å². The Bertz CT molecular complexity index is 907. The number of nitrogens with zero attached hydrogens (tertiary/aromatic N) is 4. The number of hydrogen-bond donors (Lipinski definition) is 2. The zero-order valence-electron chi connectivity index (χ0n) is 16.8. The Morgan fingerprint density at radius 2 is 2.10 bits per heavy atom. The van der Waals surface area contributed by atoms with Crippen LogP contribution in [-0.2, 0) is 0 Å². The predicted molar refractivity (Wildman–Crippen MR) is 112 cm³/mol. The Balaban J connectivity index is 1.44. The van der Waals surface area contributed by atoms with E-state index in [4.69, 9.17) is 0 Å². The number of anilines is 3. The van der Waals surface area contributed by atoms with E-state index in [-0.39, 0.29) is 5.82 Å². The fraction of sp³-hybridized carbons (Fsp3) is 0.500. The molecule has 1 aromatic carbocycles. The first-order chi connectivity index (χ1) is 14.1. The van der Waals surface area contributed by atoms with Crippen LogP contribution in [0.5, 0.6) is 0 Å². The maximum absolute atomic E-state index is 14.3. The zero-order valence-corrected chi connectivity index (χ0v) is 16.8. The summed E-state index contributed by atoms with van der Waals surface area (Å²) in [6.07, 6.45) is 7.38. The maximum atomic E-state index is 14.3. The van der Waals surface area contributed by atoms with E-state index in [1.54, 1.807) is 6.07 Å². The molecule has 7 heteroatoms. The molecule has 152 valence electrons. The van der Waals surface area contributed by atoms with Gasteiger partial charge in [-0.2, -0.15) is 10.2 Å². The Hall–Kier alpha value is -2.72. The molecule has 0 radical (unpaired) electrons. The molecule has 1 aromatic heterocycles. The van der Waals surface area contributed by atoms with Gasteiger partial charge in [-0.3, -0.25) is 0 Å². The molecule has 2 N–H and O–H groups in total. The lowest BCUT2D eigenvalue weighted by Gasteiger charge is -2.44.